The molecular formula is C16H27N3. The molecular weight excluding hydrogens is 234 g/mol. The number of anilines is 1. The molecule has 106 valence electrons. The number of rotatable bonds is 7. The highest BCUT2D eigenvalue weighted by Gasteiger charge is 2.17. The van der Waals surface area contributed by atoms with Crippen molar-refractivity contribution in [1.29, 1.82) is 0 Å². The molecule has 1 N–H and O–H groups in total. The number of hydrogen-bond donors (Lipinski definition) is 1. The van der Waals surface area contributed by atoms with E-state index in [-0.39, 0.29) is 0 Å². The second kappa shape index (κ2) is 7.46. The van der Waals surface area contributed by atoms with Gasteiger partial charge in [0.25, 0.3) is 0 Å². The molecule has 1 aliphatic carbocycles. The van der Waals surface area contributed by atoms with Gasteiger partial charge in [-0.05, 0) is 38.5 Å². The van der Waals surface area contributed by atoms with Gasteiger partial charge in [0.05, 0.1) is 0 Å². The lowest BCUT2D eigenvalue weighted by Crippen LogP contribution is -2.22. The molecule has 1 unspecified atom stereocenters. The average molecular weight is 261 g/mol. The Bertz CT molecular complexity index is 390. The number of aromatic nitrogens is 2. The van der Waals surface area contributed by atoms with Gasteiger partial charge in [0, 0.05) is 17.3 Å². The highest BCUT2D eigenvalue weighted by molar-refractivity contribution is 5.47. The van der Waals surface area contributed by atoms with E-state index in [4.69, 9.17) is 0 Å². The van der Waals surface area contributed by atoms with Crippen molar-refractivity contribution in [2.75, 3.05) is 5.32 Å². The maximum absolute atomic E-state index is 4.50. The molecule has 0 saturated carbocycles. The van der Waals surface area contributed by atoms with Gasteiger partial charge in [-0.25, -0.2) is 9.97 Å². The van der Waals surface area contributed by atoms with E-state index in [1.54, 1.807) is 6.33 Å². The summed E-state index contributed by atoms with van der Waals surface area (Å²) in [7, 11) is 0. The fourth-order valence-electron chi connectivity index (χ4n) is 2.93. The fraction of sp³-hybridized carbons (Fsp3) is 0.750. The molecule has 1 aliphatic rings. The van der Waals surface area contributed by atoms with Crippen molar-refractivity contribution >= 4 is 5.82 Å². The molecule has 1 aromatic heterocycles. The number of hydrogen-bond acceptors (Lipinski definition) is 3. The molecule has 3 heteroatoms. The first-order valence-corrected chi connectivity index (χ1v) is 7.94. The lowest BCUT2D eigenvalue weighted by atomic mass is 9.96. The Kier molecular flexibility index (Phi) is 5.62. The van der Waals surface area contributed by atoms with Gasteiger partial charge in [-0.2, -0.15) is 0 Å². The second-order valence-corrected chi connectivity index (χ2v) is 5.63. The normalized spacial score (nSPS) is 15.9. The topological polar surface area (TPSA) is 37.8 Å². The summed E-state index contributed by atoms with van der Waals surface area (Å²) in [6.07, 6.45) is 12.8. The van der Waals surface area contributed by atoms with Crippen LogP contribution in [0.15, 0.2) is 6.33 Å². The SMILES string of the molecule is CCCCC(CCC)Nc1ncnc2c1CCCC2. The number of unbranched alkanes of at least 4 members (excludes halogenated alkanes) is 1. The molecule has 1 aromatic rings. The van der Waals surface area contributed by atoms with Crippen LogP contribution in [0.25, 0.3) is 0 Å². The van der Waals surface area contributed by atoms with E-state index in [1.165, 1.54) is 56.2 Å². The summed E-state index contributed by atoms with van der Waals surface area (Å²) in [4.78, 5) is 8.94. The molecule has 0 amide bonds. The van der Waals surface area contributed by atoms with E-state index in [0.717, 1.165) is 18.7 Å². The van der Waals surface area contributed by atoms with Crippen LogP contribution in [0, 0.1) is 0 Å². The molecule has 0 spiro atoms. The molecule has 1 heterocycles. The molecule has 19 heavy (non-hydrogen) atoms. The van der Waals surface area contributed by atoms with Gasteiger partial charge in [-0.15, -0.1) is 0 Å². The zero-order chi connectivity index (χ0) is 13.5. The Morgan fingerprint density at radius 2 is 1.95 bits per heavy atom. The minimum atomic E-state index is 0.575. The van der Waals surface area contributed by atoms with Crippen LogP contribution in [0.5, 0.6) is 0 Å². The summed E-state index contributed by atoms with van der Waals surface area (Å²) in [6.45, 7) is 4.52. The van der Waals surface area contributed by atoms with E-state index in [1.807, 2.05) is 0 Å². The molecule has 0 aliphatic heterocycles. The third-order valence-electron chi connectivity index (χ3n) is 4.01. The molecule has 0 fully saturated rings. The Balaban J connectivity index is 2.07. The molecule has 0 radical (unpaired) electrons. The quantitative estimate of drug-likeness (QED) is 0.802. The summed E-state index contributed by atoms with van der Waals surface area (Å²) >= 11 is 0. The highest BCUT2D eigenvalue weighted by atomic mass is 15.0. The van der Waals surface area contributed by atoms with Crippen LogP contribution in [0.2, 0.25) is 0 Å². The van der Waals surface area contributed by atoms with E-state index >= 15 is 0 Å². The lowest BCUT2D eigenvalue weighted by molar-refractivity contribution is 0.560. The third-order valence-corrected chi connectivity index (χ3v) is 4.01. The van der Waals surface area contributed by atoms with Crippen LogP contribution in [0.4, 0.5) is 5.82 Å². The van der Waals surface area contributed by atoms with Crippen LogP contribution in [0.1, 0.15) is 70.1 Å². The van der Waals surface area contributed by atoms with Crippen molar-refractivity contribution < 1.29 is 0 Å². The van der Waals surface area contributed by atoms with Gasteiger partial charge in [-0.3, -0.25) is 0 Å². The summed E-state index contributed by atoms with van der Waals surface area (Å²) < 4.78 is 0. The zero-order valence-corrected chi connectivity index (χ0v) is 12.4. The van der Waals surface area contributed by atoms with Crippen LogP contribution < -0.4 is 5.32 Å². The highest BCUT2D eigenvalue weighted by Crippen LogP contribution is 2.25. The summed E-state index contributed by atoms with van der Waals surface area (Å²) in [5, 5.41) is 3.69. The molecule has 2 rings (SSSR count). The largest absolute Gasteiger partial charge is 0.367 e. The van der Waals surface area contributed by atoms with E-state index < -0.39 is 0 Å². The van der Waals surface area contributed by atoms with Crippen molar-refractivity contribution in [2.45, 2.75) is 77.7 Å². The van der Waals surface area contributed by atoms with Crippen molar-refractivity contribution in [1.82, 2.24) is 9.97 Å². The summed E-state index contributed by atoms with van der Waals surface area (Å²) in [5.41, 5.74) is 2.65. The first-order chi connectivity index (χ1) is 9.35. The standard InChI is InChI=1S/C16H27N3/c1-3-5-9-13(8-4-2)19-16-14-10-6-7-11-15(14)17-12-18-16/h12-13H,3-11H2,1-2H3,(H,17,18,19). The second-order valence-electron chi connectivity index (χ2n) is 5.63. The van der Waals surface area contributed by atoms with E-state index in [2.05, 4.69) is 29.1 Å². The van der Waals surface area contributed by atoms with E-state index in [0.29, 0.717) is 6.04 Å². The first kappa shape index (κ1) is 14.3. The first-order valence-electron chi connectivity index (χ1n) is 7.94. The number of nitrogens with one attached hydrogen (secondary N) is 1. The average Bonchev–Trinajstić information content (AvgIpc) is 2.45. The van der Waals surface area contributed by atoms with Crippen molar-refractivity contribution in [3.05, 3.63) is 17.6 Å². The Labute approximate surface area is 117 Å². The number of aryl methyl sites for hydroxylation is 1. The lowest BCUT2D eigenvalue weighted by Gasteiger charge is -2.23. The van der Waals surface area contributed by atoms with Crippen LogP contribution in [-0.2, 0) is 12.8 Å². The maximum atomic E-state index is 4.50. The van der Waals surface area contributed by atoms with Crippen LogP contribution in [-0.4, -0.2) is 16.0 Å². The van der Waals surface area contributed by atoms with Gasteiger partial charge >= 0.3 is 0 Å². The summed E-state index contributed by atoms with van der Waals surface area (Å²) in [5.74, 6) is 1.11. The molecule has 3 nitrogen and oxygen atoms in total. The Hall–Kier alpha value is -1.12. The minimum Gasteiger partial charge on any atom is -0.367 e. The Morgan fingerprint density at radius 3 is 2.74 bits per heavy atom. The molecule has 0 aromatic carbocycles. The van der Waals surface area contributed by atoms with Gasteiger partial charge in [0.1, 0.15) is 12.1 Å². The predicted octanol–water partition coefficient (Wildman–Crippen LogP) is 4.13. The van der Waals surface area contributed by atoms with Gasteiger partial charge in [0.2, 0.25) is 0 Å². The number of nitrogens with zero attached hydrogens (tertiary/aromatic N) is 2. The zero-order valence-electron chi connectivity index (χ0n) is 12.4. The summed E-state index contributed by atoms with van der Waals surface area (Å²) in [6, 6.07) is 0.575. The van der Waals surface area contributed by atoms with Crippen molar-refractivity contribution in [3.8, 4) is 0 Å². The maximum Gasteiger partial charge on any atom is 0.133 e. The van der Waals surface area contributed by atoms with Gasteiger partial charge in [-0.1, -0.05) is 33.1 Å². The smallest absolute Gasteiger partial charge is 0.133 e. The van der Waals surface area contributed by atoms with E-state index in [9.17, 15) is 0 Å². The molecule has 0 bridgehead atoms. The minimum absolute atomic E-state index is 0.575. The van der Waals surface area contributed by atoms with Crippen LogP contribution >= 0.6 is 0 Å². The number of fused-ring (bicyclic) bond motifs is 1. The Morgan fingerprint density at radius 1 is 1.11 bits per heavy atom. The predicted molar refractivity (Wildman–Crippen MR) is 80.5 cm³/mol. The van der Waals surface area contributed by atoms with Gasteiger partial charge < -0.3 is 5.32 Å². The molecule has 0 saturated heterocycles. The van der Waals surface area contributed by atoms with Crippen molar-refractivity contribution in [2.24, 2.45) is 0 Å². The van der Waals surface area contributed by atoms with Crippen LogP contribution in [0.3, 0.4) is 0 Å². The fourth-order valence-corrected chi connectivity index (χ4v) is 2.93. The monoisotopic (exact) mass is 261 g/mol. The third kappa shape index (κ3) is 3.92. The van der Waals surface area contributed by atoms with Gasteiger partial charge in [0.15, 0.2) is 0 Å². The van der Waals surface area contributed by atoms with Crippen molar-refractivity contribution in [3.63, 3.8) is 0 Å². The molecule has 1 atom stereocenters.